The molecule has 0 saturated heterocycles. The summed E-state index contributed by atoms with van der Waals surface area (Å²) >= 11 is 0. The van der Waals surface area contributed by atoms with Crippen LogP contribution in [0.4, 0.5) is 0 Å². The Morgan fingerprint density at radius 1 is 1.16 bits per heavy atom. The number of benzene rings is 1. The lowest BCUT2D eigenvalue weighted by Gasteiger charge is -2.31. The van der Waals surface area contributed by atoms with Crippen LogP contribution in [0.5, 0.6) is 0 Å². The normalized spacial score (nSPS) is 17.9. The third-order valence-corrected chi connectivity index (χ3v) is 3.97. The zero-order chi connectivity index (χ0) is 13.6. The summed E-state index contributed by atoms with van der Waals surface area (Å²) in [6.45, 7) is 0.715. The van der Waals surface area contributed by atoms with Crippen LogP contribution in [0.2, 0.25) is 0 Å². The molecule has 0 bridgehead atoms. The van der Waals surface area contributed by atoms with Crippen LogP contribution in [-0.4, -0.2) is 18.0 Å². The van der Waals surface area contributed by atoms with Gasteiger partial charge in [-0.15, -0.1) is 0 Å². The zero-order valence-electron chi connectivity index (χ0n) is 11.5. The SMILES string of the molecule is NC1(C(=O)NCCCc2ccccc2)CCCCC1. The van der Waals surface area contributed by atoms with Gasteiger partial charge in [0.15, 0.2) is 0 Å². The third kappa shape index (κ3) is 4.06. The molecule has 0 aliphatic heterocycles. The molecule has 2 rings (SSSR count). The fourth-order valence-corrected chi connectivity index (χ4v) is 2.72. The Morgan fingerprint density at radius 2 is 1.84 bits per heavy atom. The van der Waals surface area contributed by atoms with Crippen molar-refractivity contribution >= 4 is 5.91 Å². The lowest BCUT2D eigenvalue weighted by Crippen LogP contribution is -2.55. The van der Waals surface area contributed by atoms with Crippen LogP contribution in [0.1, 0.15) is 44.1 Å². The summed E-state index contributed by atoms with van der Waals surface area (Å²) in [7, 11) is 0. The molecular formula is C16H24N2O. The quantitative estimate of drug-likeness (QED) is 0.799. The van der Waals surface area contributed by atoms with Gasteiger partial charge in [-0.1, -0.05) is 49.6 Å². The van der Waals surface area contributed by atoms with Crippen molar-refractivity contribution in [3.63, 3.8) is 0 Å². The molecule has 0 heterocycles. The monoisotopic (exact) mass is 260 g/mol. The molecule has 1 amide bonds. The summed E-state index contributed by atoms with van der Waals surface area (Å²) in [5, 5.41) is 3.00. The fraction of sp³-hybridized carbons (Fsp3) is 0.562. The second-order valence-electron chi connectivity index (χ2n) is 5.56. The molecule has 19 heavy (non-hydrogen) atoms. The Morgan fingerprint density at radius 3 is 2.53 bits per heavy atom. The number of hydrogen-bond acceptors (Lipinski definition) is 2. The molecule has 1 aliphatic rings. The number of aryl methyl sites for hydroxylation is 1. The molecule has 3 nitrogen and oxygen atoms in total. The van der Waals surface area contributed by atoms with Gasteiger partial charge < -0.3 is 11.1 Å². The highest BCUT2D eigenvalue weighted by molar-refractivity contribution is 5.86. The molecule has 0 atom stereocenters. The first kappa shape index (κ1) is 14.1. The van der Waals surface area contributed by atoms with E-state index >= 15 is 0 Å². The van der Waals surface area contributed by atoms with Gasteiger partial charge in [0.25, 0.3) is 0 Å². The van der Waals surface area contributed by atoms with Crippen molar-refractivity contribution in [2.24, 2.45) is 5.73 Å². The molecule has 3 heteroatoms. The first-order chi connectivity index (χ1) is 9.21. The molecule has 1 saturated carbocycles. The lowest BCUT2D eigenvalue weighted by molar-refractivity contribution is -0.127. The minimum atomic E-state index is -0.606. The van der Waals surface area contributed by atoms with E-state index in [0.29, 0.717) is 6.54 Å². The average Bonchev–Trinajstić information content (AvgIpc) is 2.45. The van der Waals surface area contributed by atoms with E-state index in [1.165, 1.54) is 12.0 Å². The number of carbonyl (C=O) groups excluding carboxylic acids is 1. The van der Waals surface area contributed by atoms with Gasteiger partial charge in [0.05, 0.1) is 5.54 Å². The molecule has 0 aromatic heterocycles. The van der Waals surface area contributed by atoms with Crippen LogP contribution in [0.3, 0.4) is 0 Å². The van der Waals surface area contributed by atoms with E-state index in [9.17, 15) is 4.79 Å². The summed E-state index contributed by atoms with van der Waals surface area (Å²) < 4.78 is 0. The van der Waals surface area contributed by atoms with Crippen LogP contribution in [0.15, 0.2) is 30.3 Å². The highest BCUT2D eigenvalue weighted by atomic mass is 16.2. The van der Waals surface area contributed by atoms with E-state index < -0.39 is 5.54 Å². The number of nitrogens with one attached hydrogen (secondary N) is 1. The summed E-state index contributed by atoms with van der Waals surface area (Å²) in [4.78, 5) is 12.1. The van der Waals surface area contributed by atoms with Gasteiger partial charge in [-0.25, -0.2) is 0 Å². The Hall–Kier alpha value is -1.35. The standard InChI is InChI=1S/C16H24N2O/c17-16(11-5-2-6-12-16)15(19)18-13-7-10-14-8-3-1-4-9-14/h1,3-4,8-9H,2,5-7,10-13,17H2,(H,18,19). The zero-order valence-corrected chi connectivity index (χ0v) is 11.5. The van der Waals surface area contributed by atoms with Crippen molar-refractivity contribution in [3.8, 4) is 0 Å². The van der Waals surface area contributed by atoms with Gasteiger partial charge in [-0.2, -0.15) is 0 Å². The molecular weight excluding hydrogens is 236 g/mol. The lowest BCUT2D eigenvalue weighted by atomic mass is 9.82. The van der Waals surface area contributed by atoms with Gasteiger partial charge in [-0.05, 0) is 31.2 Å². The Labute approximate surface area is 115 Å². The second kappa shape index (κ2) is 6.71. The summed E-state index contributed by atoms with van der Waals surface area (Å²) in [6.07, 6.45) is 6.99. The molecule has 104 valence electrons. The summed E-state index contributed by atoms with van der Waals surface area (Å²) in [5.41, 5.74) is 6.89. The van der Waals surface area contributed by atoms with Crippen LogP contribution in [0.25, 0.3) is 0 Å². The maximum Gasteiger partial charge on any atom is 0.240 e. The van der Waals surface area contributed by atoms with Crippen LogP contribution >= 0.6 is 0 Å². The predicted octanol–water partition coefficient (Wildman–Crippen LogP) is 2.40. The van der Waals surface area contributed by atoms with Crippen molar-refractivity contribution in [2.45, 2.75) is 50.5 Å². The van der Waals surface area contributed by atoms with Crippen molar-refractivity contribution in [3.05, 3.63) is 35.9 Å². The highest BCUT2D eigenvalue weighted by Gasteiger charge is 2.34. The van der Waals surface area contributed by atoms with Crippen molar-refractivity contribution in [2.75, 3.05) is 6.54 Å². The number of amides is 1. The summed E-state index contributed by atoms with van der Waals surface area (Å²) in [5.74, 6) is 0.0419. The molecule has 1 aromatic rings. The molecule has 1 fully saturated rings. The maximum absolute atomic E-state index is 12.1. The number of nitrogens with two attached hydrogens (primary N) is 1. The largest absolute Gasteiger partial charge is 0.354 e. The van der Waals surface area contributed by atoms with Crippen molar-refractivity contribution in [1.29, 1.82) is 0 Å². The maximum atomic E-state index is 12.1. The first-order valence-electron chi connectivity index (χ1n) is 7.32. The average molecular weight is 260 g/mol. The first-order valence-corrected chi connectivity index (χ1v) is 7.32. The fourth-order valence-electron chi connectivity index (χ4n) is 2.72. The van der Waals surface area contributed by atoms with Crippen LogP contribution in [0, 0.1) is 0 Å². The predicted molar refractivity (Wildman–Crippen MR) is 77.8 cm³/mol. The minimum Gasteiger partial charge on any atom is -0.354 e. The van der Waals surface area contributed by atoms with Gasteiger partial charge in [-0.3, -0.25) is 4.79 Å². The molecule has 1 aliphatic carbocycles. The minimum absolute atomic E-state index is 0.0419. The molecule has 1 aromatic carbocycles. The van der Waals surface area contributed by atoms with Crippen LogP contribution < -0.4 is 11.1 Å². The van der Waals surface area contributed by atoms with Gasteiger partial charge in [0.2, 0.25) is 5.91 Å². The van der Waals surface area contributed by atoms with E-state index in [-0.39, 0.29) is 5.91 Å². The third-order valence-electron chi connectivity index (χ3n) is 3.97. The molecule has 0 radical (unpaired) electrons. The molecule has 3 N–H and O–H groups in total. The van der Waals surface area contributed by atoms with E-state index in [1.807, 2.05) is 18.2 Å². The van der Waals surface area contributed by atoms with Gasteiger partial charge in [0.1, 0.15) is 0 Å². The van der Waals surface area contributed by atoms with Crippen molar-refractivity contribution in [1.82, 2.24) is 5.32 Å². The Kier molecular flexibility index (Phi) is 4.97. The van der Waals surface area contributed by atoms with Gasteiger partial charge >= 0.3 is 0 Å². The van der Waals surface area contributed by atoms with E-state index in [0.717, 1.165) is 38.5 Å². The molecule has 0 spiro atoms. The highest BCUT2D eigenvalue weighted by Crippen LogP contribution is 2.25. The molecule has 0 unspecified atom stereocenters. The Bertz CT molecular complexity index is 396. The number of hydrogen-bond donors (Lipinski definition) is 2. The number of carbonyl (C=O) groups is 1. The second-order valence-corrected chi connectivity index (χ2v) is 5.56. The van der Waals surface area contributed by atoms with E-state index in [1.54, 1.807) is 0 Å². The van der Waals surface area contributed by atoms with Gasteiger partial charge in [0, 0.05) is 6.54 Å². The summed E-state index contributed by atoms with van der Waals surface area (Å²) in [6, 6.07) is 10.4. The number of rotatable bonds is 5. The van der Waals surface area contributed by atoms with Crippen LogP contribution in [-0.2, 0) is 11.2 Å². The Balaban J connectivity index is 1.69. The van der Waals surface area contributed by atoms with Crippen molar-refractivity contribution < 1.29 is 4.79 Å². The van der Waals surface area contributed by atoms with E-state index in [2.05, 4.69) is 17.4 Å². The van der Waals surface area contributed by atoms with E-state index in [4.69, 9.17) is 5.73 Å². The smallest absolute Gasteiger partial charge is 0.240 e. The topological polar surface area (TPSA) is 55.1 Å².